The Labute approximate surface area is 350 Å². The van der Waals surface area contributed by atoms with E-state index in [9.17, 15) is 0 Å². The summed E-state index contributed by atoms with van der Waals surface area (Å²) in [5, 5.41) is 0. The Morgan fingerprint density at radius 3 is 1.61 bits per heavy atom. The molecule has 8 aromatic rings. The molecular weight excluding hydrogens is 711 g/mol. The van der Waals surface area contributed by atoms with Gasteiger partial charge in [0.25, 0.3) is 0 Å². The first-order valence-corrected chi connectivity index (χ1v) is 21.1. The second kappa shape index (κ2) is 13.6. The largest absolute Gasteiger partial charge is 0.310 e. The second-order valence-corrected chi connectivity index (χ2v) is 18.6. The summed E-state index contributed by atoms with van der Waals surface area (Å²) < 4.78 is 0. The molecule has 0 heterocycles. The fourth-order valence-electron chi connectivity index (χ4n) is 10.1. The van der Waals surface area contributed by atoms with Crippen molar-refractivity contribution in [1.82, 2.24) is 0 Å². The Hall–Kier alpha value is -6.44. The lowest BCUT2D eigenvalue weighted by Crippen LogP contribution is -2.16. The molecule has 0 unspecified atom stereocenters. The van der Waals surface area contributed by atoms with E-state index in [1.807, 2.05) is 0 Å². The number of nitrogens with zero attached hydrogens (tertiary/aromatic N) is 1. The standard InChI is InChI=1S/C58H51N/c1-56(2,3)42-31-26-39(27-32-42)45-18-10-13-25-54(45)59(43-33-28-38(29-34-43)40-30-35-49-47-19-8-11-23-51(47)57(4,5)53(49)37-40)44-17-14-16-41(36-44)46-21-15-22-50-48-20-9-12-24-52(48)58(6,7)55(46)50/h8-37H,1-7H3. The molecular formula is C58H51N. The average Bonchev–Trinajstić information content (AvgIpc) is 3.63. The van der Waals surface area contributed by atoms with Gasteiger partial charge >= 0.3 is 0 Å². The van der Waals surface area contributed by atoms with Crippen molar-refractivity contribution in [3.63, 3.8) is 0 Å². The number of benzene rings is 8. The first kappa shape index (κ1) is 36.9. The summed E-state index contributed by atoms with van der Waals surface area (Å²) in [7, 11) is 0. The van der Waals surface area contributed by atoms with Crippen LogP contribution in [0, 0.1) is 0 Å². The summed E-state index contributed by atoms with van der Waals surface area (Å²) in [4.78, 5) is 2.45. The van der Waals surface area contributed by atoms with E-state index in [2.05, 4.69) is 235 Å². The molecule has 8 aromatic carbocycles. The highest BCUT2D eigenvalue weighted by molar-refractivity contribution is 5.92. The number of fused-ring (bicyclic) bond motifs is 6. The molecule has 0 spiro atoms. The van der Waals surface area contributed by atoms with Crippen molar-refractivity contribution < 1.29 is 0 Å². The van der Waals surface area contributed by atoms with Crippen molar-refractivity contribution in [2.75, 3.05) is 4.90 Å². The maximum atomic E-state index is 2.45. The molecule has 2 aliphatic rings. The minimum atomic E-state index is -0.116. The molecule has 0 aromatic heterocycles. The molecule has 0 saturated heterocycles. The quantitative estimate of drug-likeness (QED) is 0.163. The highest BCUT2D eigenvalue weighted by Crippen LogP contribution is 2.53. The summed E-state index contributed by atoms with van der Waals surface area (Å²) in [5.74, 6) is 0. The van der Waals surface area contributed by atoms with Crippen LogP contribution in [0.1, 0.15) is 76.3 Å². The van der Waals surface area contributed by atoms with Crippen LogP contribution in [0.2, 0.25) is 0 Å². The minimum absolute atomic E-state index is 0.0463. The fourth-order valence-corrected chi connectivity index (χ4v) is 10.1. The summed E-state index contributed by atoms with van der Waals surface area (Å²) in [6.45, 7) is 16.3. The lowest BCUT2D eigenvalue weighted by molar-refractivity contribution is 0.590. The van der Waals surface area contributed by atoms with Gasteiger partial charge in [0.1, 0.15) is 0 Å². The van der Waals surface area contributed by atoms with E-state index in [0.717, 1.165) is 17.1 Å². The number of para-hydroxylation sites is 1. The van der Waals surface area contributed by atoms with Gasteiger partial charge in [0.2, 0.25) is 0 Å². The number of anilines is 3. The van der Waals surface area contributed by atoms with Gasteiger partial charge in [-0.1, -0.05) is 194 Å². The Morgan fingerprint density at radius 1 is 0.356 bits per heavy atom. The zero-order chi connectivity index (χ0) is 40.7. The zero-order valence-electron chi connectivity index (χ0n) is 35.3. The molecule has 0 saturated carbocycles. The van der Waals surface area contributed by atoms with E-state index in [1.165, 1.54) is 83.5 Å². The van der Waals surface area contributed by atoms with Crippen LogP contribution in [0.4, 0.5) is 17.1 Å². The monoisotopic (exact) mass is 761 g/mol. The van der Waals surface area contributed by atoms with Crippen LogP contribution in [0.25, 0.3) is 55.6 Å². The Bertz CT molecular complexity index is 2900. The number of hydrogen-bond acceptors (Lipinski definition) is 1. The van der Waals surface area contributed by atoms with Crippen molar-refractivity contribution in [3.8, 4) is 55.6 Å². The maximum Gasteiger partial charge on any atom is 0.0540 e. The predicted molar refractivity (Wildman–Crippen MR) is 251 cm³/mol. The van der Waals surface area contributed by atoms with Crippen molar-refractivity contribution in [3.05, 3.63) is 210 Å². The van der Waals surface area contributed by atoms with Crippen molar-refractivity contribution >= 4 is 17.1 Å². The Morgan fingerprint density at radius 2 is 0.898 bits per heavy atom. The van der Waals surface area contributed by atoms with Gasteiger partial charge in [-0.05, 0) is 120 Å². The van der Waals surface area contributed by atoms with E-state index in [1.54, 1.807) is 0 Å². The lowest BCUT2D eigenvalue weighted by atomic mass is 9.79. The van der Waals surface area contributed by atoms with Gasteiger partial charge in [0.05, 0.1) is 5.69 Å². The molecule has 2 aliphatic carbocycles. The number of hydrogen-bond donors (Lipinski definition) is 0. The third kappa shape index (κ3) is 5.98. The second-order valence-electron chi connectivity index (χ2n) is 18.6. The van der Waals surface area contributed by atoms with Gasteiger partial charge in [-0.15, -0.1) is 0 Å². The molecule has 288 valence electrons. The van der Waals surface area contributed by atoms with Crippen LogP contribution in [0.5, 0.6) is 0 Å². The smallest absolute Gasteiger partial charge is 0.0540 e. The van der Waals surface area contributed by atoms with E-state index >= 15 is 0 Å². The van der Waals surface area contributed by atoms with Crippen molar-refractivity contribution in [2.24, 2.45) is 0 Å². The average molecular weight is 762 g/mol. The van der Waals surface area contributed by atoms with E-state index in [-0.39, 0.29) is 16.2 Å². The SMILES string of the molecule is CC(C)(C)c1ccc(-c2ccccc2N(c2ccc(-c3ccc4c(c3)C(C)(C)c3ccccc3-4)cc2)c2cccc(-c3cccc4c3C(C)(C)c3ccccc3-4)c2)cc1. The van der Waals surface area contributed by atoms with Gasteiger partial charge in [-0.2, -0.15) is 0 Å². The summed E-state index contributed by atoms with van der Waals surface area (Å²) >= 11 is 0. The lowest BCUT2D eigenvalue weighted by Gasteiger charge is -2.29. The number of rotatable bonds is 6. The predicted octanol–water partition coefficient (Wildman–Crippen LogP) is 16.1. The summed E-state index contributed by atoms with van der Waals surface area (Å²) in [6.07, 6.45) is 0. The van der Waals surface area contributed by atoms with Crippen LogP contribution < -0.4 is 4.90 Å². The van der Waals surface area contributed by atoms with E-state index in [4.69, 9.17) is 0 Å². The van der Waals surface area contributed by atoms with Crippen LogP contribution in [-0.2, 0) is 16.2 Å². The first-order valence-electron chi connectivity index (χ1n) is 21.1. The molecule has 0 atom stereocenters. The van der Waals surface area contributed by atoms with Crippen molar-refractivity contribution in [2.45, 2.75) is 64.7 Å². The topological polar surface area (TPSA) is 3.24 Å². The Kier molecular flexibility index (Phi) is 8.48. The van der Waals surface area contributed by atoms with Crippen molar-refractivity contribution in [1.29, 1.82) is 0 Å². The van der Waals surface area contributed by atoms with Crippen LogP contribution in [0.15, 0.2) is 182 Å². The molecule has 1 heteroatoms. The normalized spacial score (nSPS) is 14.3. The fraction of sp³-hybridized carbons (Fsp3) is 0.172. The highest BCUT2D eigenvalue weighted by Gasteiger charge is 2.38. The summed E-state index contributed by atoms with van der Waals surface area (Å²) in [6, 6.07) is 68.1. The molecule has 0 fully saturated rings. The van der Waals surface area contributed by atoms with Gasteiger partial charge in [0.15, 0.2) is 0 Å². The molecule has 59 heavy (non-hydrogen) atoms. The third-order valence-electron chi connectivity index (χ3n) is 13.2. The van der Waals surface area contributed by atoms with Gasteiger partial charge in [-0.25, -0.2) is 0 Å². The first-order chi connectivity index (χ1) is 28.4. The van der Waals surface area contributed by atoms with Gasteiger partial charge in [-0.3, -0.25) is 0 Å². The van der Waals surface area contributed by atoms with E-state index < -0.39 is 0 Å². The molecule has 0 bridgehead atoms. The van der Waals surface area contributed by atoms with Crippen LogP contribution in [0.3, 0.4) is 0 Å². The third-order valence-corrected chi connectivity index (χ3v) is 13.2. The van der Waals surface area contributed by atoms with E-state index in [0.29, 0.717) is 0 Å². The molecule has 0 radical (unpaired) electrons. The zero-order valence-corrected chi connectivity index (χ0v) is 35.3. The van der Waals surface area contributed by atoms with Gasteiger partial charge < -0.3 is 4.90 Å². The van der Waals surface area contributed by atoms with Crippen LogP contribution >= 0.6 is 0 Å². The molecule has 0 aliphatic heterocycles. The molecule has 10 rings (SSSR count). The van der Waals surface area contributed by atoms with Gasteiger partial charge in [0, 0.05) is 27.8 Å². The minimum Gasteiger partial charge on any atom is -0.310 e. The Balaban J connectivity index is 1.10. The summed E-state index contributed by atoms with van der Waals surface area (Å²) in [5.41, 5.74) is 23.0. The molecule has 1 nitrogen and oxygen atoms in total. The molecule has 0 N–H and O–H groups in total. The maximum absolute atomic E-state index is 2.45. The van der Waals surface area contributed by atoms with Crippen LogP contribution in [-0.4, -0.2) is 0 Å². The molecule has 0 amide bonds. The highest BCUT2D eigenvalue weighted by atomic mass is 15.1.